The first-order chi connectivity index (χ1) is 9.11. The zero-order valence-electron chi connectivity index (χ0n) is 10.0. The second-order valence-corrected chi connectivity index (χ2v) is 4.46. The van der Waals surface area contributed by atoms with E-state index in [-0.39, 0.29) is 19.0 Å². The van der Waals surface area contributed by atoms with Crippen molar-refractivity contribution < 1.29 is 9.53 Å². The van der Waals surface area contributed by atoms with Gasteiger partial charge in [-0.3, -0.25) is 0 Å². The Kier molecular flexibility index (Phi) is 4.34. The van der Waals surface area contributed by atoms with Crippen LogP contribution in [0.25, 0.3) is 0 Å². The predicted octanol–water partition coefficient (Wildman–Crippen LogP) is 2.20. The topological polar surface area (TPSA) is 69.9 Å². The summed E-state index contributed by atoms with van der Waals surface area (Å²) in [5, 5.41) is 11.9. The van der Waals surface area contributed by atoms with E-state index in [9.17, 15) is 4.79 Å². The molecule has 100 valence electrons. The van der Waals surface area contributed by atoms with Crippen molar-refractivity contribution in [2.24, 2.45) is 0 Å². The van der Waals surface area contributed by atoms with Crippen molar-refractivity contribution in [2.45, 2.75) is 13.5 Å². The van der Waals surface area contributed by atoms with Crippen LogP contribution in [0.3, 0.4) is 0 Å². The largest absolute Gasteiger partial charge is 0.460 e. The molecule has 0 radical (unpaired) electrons. The zero-order chi connectivity index (χ0) is 13.8. The summed E-state index contributed by atoms with van der Waals surface area (Å²) in [5.41, 5.74) is 0.754. The molecule has 8 heteroatoms. The minimum atomic E-state index is -0.572. The molecule has 0 N–H and O–H groups in total. The highest BCUT2D eigenvalue weighted by Crippen LogP contribution is 2.21. The summed E-state index contributed by atoms with van der Waals surface area (Å²) in [6, 6.07) is 5.07. The third-order valence-corrected chi connectivity index (χ3v) is 2.91. The lowest BCUT2D eigenvalue weighted by molar-refractivity contribution is 0.0505. The molecule has 0 aliphatic carbocycles. The van der Waals surface area contributed by atoms with E-state index in [1.54, 1.807) is 25.1 Å². The SMILES string of the molecule is CCOC(=O)c1nnnn1Cc1ccc(Cl)cc1Cl. The number of halogens is 2. The van der Waals surface area contributed by atoms with Gasteiger partial charge in [-0.05, 0) is 35.0 Å². The van der Waals surface area contributed by atoms with Crippen molar-refractivity contribution in [1.29, 1.82) is 0 Å². The van der Waals surface area contributed by atoms with Gasteiger partial charge in [0.1, 0.15) is 0 Å². The van der Waals surface area contributed by atoms with Crippen LogP contribution in [0.5, 0.6) is 0 Å². The fraction of sp³-hybridized carbons (Fsp3) is 0.273. The van der Waals surface area contributed by atoms with E-state index in [2.05, 4.69) is 15.5 Å². The number of tetrazole rings is 1. The molecule has 0 unspecified atom stereocenters. The van der Waals surface area contributed by atoms with E-state index in [0.717, 1.165) is 5.56 Å². The Bertz CT molecular complexity index is 600. The Balaban J connectivity index is 2.24. The van der Waals surface area contributed by atoms with Gasteiger partial charge in [0.05, 0.1) is 13.2 Å². The summed E-state index contributed by atoms with van der Waals surface area (Å²) in [6.07, 6.45) is 0. The summed E-state index contributed by atoms with van der Waals surface area (Å²) >= 11 is 11.9. The first-order valence-electron chi connectivity index (χ1n) is 5.49. The number of esters is 1. The summed E-state index contributed by atoms with van der Waals surface area (Å²) in [5.74, 6) is -0.537. The molecule has 0 saturated carbocycles. The van der Waals surface area contributed by atoms with Gasteiger partial charge in [-0.15, -0.1) is 5.10 Å². The number of benzene rings is 1. The molecule has 0 spiro atoms. The molecule has 2 aromatic rings. The maximum absolute atomic E-state index is 11.6. The smallest absolute Gasteiger partial charge is 0.378 e. The number of carbonyl (C=O) groups excluding carboxylic acids is 1. The Morgan fingerprint density at radius 2 is 2.21 bits per heavy atom. The number of nitrogens with zero attached hydrogens (tertiary/aromatic N) is 4. The van der Waals surface area contributed by atoms with Crippen LogP contribution in [0.15, 0.2) is 18.2 Å². The first-order valence-corrected chi connectivity index (χ1v) is 6.24. The van der Waals surface area contributed by atoms with Gasteiger partial charge >= 0.3 is 5.97 Å². The van der Waals surface area contributed by atoms with E-state index in [1.165, 1.54) is 4.68 Å². The molecule has 6 nitrogen and oxygen atoms in total. The molecule has 19 heavy (non-hydrogen) atoms. The summed E-state index contributed by atoms with van der Waals surface area (Å²) in [7, 11) is 0. The predicted molar refractivity (Wildman–Crippen MR) is 69.3 cm³/mol. The van der Waals surface area contributed by atoms with Gasteiger partial charge in [0, 0.05) is 10.0 Å². The van der Waals surface area contributed by atoms with Crippen molar-refractivity contribution in [2.75, 3.05) is 6.61 Å². The molecule has 0 amide bonds. The van der Waals surface area contributed by atoms with Gasteiger partial charge in [0.15, 0.2) is 0 Å². The number of ether oxygens (including phenoxy) is 1. The first kappa shape index (κ1) is 13.8. The van der Waals surface area contributed by atoms with Crippen molar-refractivity contribution in [3.63, 3.8) is 0 Å². The van der Waals surface area contributed by atoms with Crippen LogP contribution in [-0.2, 0) is 11.3 Å². The number of hydrogen-bond acceptors (Lipinski definition) is 5. The fourth-order valence-corrected chi connectivity index (χ4v) is 1.93. The second kappa shape index (κ2) is 5.99. The summed E-state index contributed by atoms with van der Waals surface area (Å²) in [6.45, 7) is 2.23. The van der Waals surface area contributed by atoms with Crippen molar-refractivity contribution in [3.05, 3.63) is 39.6 Å². The number of rotatable bonds is 4. The summed E-state index contributed by atoms with van der Waals surface area (Å²) in [4.78, 5) is 11.6. The quantitative estimate of drug-likeness (QED) is 0.810. The van der Waals surface area contributed by atoms with E-state index in [1.807, 2.05) is 0 Å². The third-order valence-electron chi connectivity index (χ3n) is 2.33. The van der Waals surface area contributed by atoms with Crippen LogP contribution in [0.1, 0.15) is 23.1 Å². The van der Waals surface area contributed by atoms with Gasteiger partial charge in [-0.25, -0.2) is 9.48 Å². The van der Waals surface area contributed by atoms with Crippen LogP contribution in [0.2, 0.25) is 10.0 Å². The molecule has 0 fully saturated rings. The van der Waals surface area contributed by atoms with Gasteiger partial charge in [0.25, 0.3) is 5.82 Å². The minimum absolute atomic E-state index is 0.0351. The molecule has 0 aliphatic heterocycles. The number of carbonyl (C=O) groups is 1. The van der Waals surface area contributed by atoms with Crippen LogP contribution < -0.4 is 0 Å². The van der Waals surface area contributed by atoms with Crippen molar-refractivity contribution >= 4 is 29.2 Å². The normalized spacial score (nSPS) is 10.5. The maximum atomic E-state index is 11.6. The molecule has 1 aromatic carbocycles. The lowest BCUT2D eigenvalue weighted by atomic mass is 10.2. The standard InChI is InChI=1S/C11H10Cl2N4O2/c1-2-19-11(18)10-14-15-16-17(10)6-7-3-4-8(12)5-9(7)13/h3-5H,2,6H2,1H3. The molecule has 0 aliphatic rings. The van der Waals surface area contributed by atoms with Crippen molar-refractivity contribution in [1.82, 2.24) is 20.2 Å². The van der Waals surface area contributed by atoms with Crippen molar-refractivity contribution in [3.8, 4) is 0 Å². The third kappa shape index (κ3) is 3.21. The van der Waals surface area contributed by atoms with Gasteiger partial charge < -0.3 is 4.74 Å². The van der Waals surface area contributed by atoms with E-state index in [4.69, 9.17) is 27.9 Å². The Morgan fingerprint density at radius 3 is 2.89 bits per heavy atom. The Labute approximate surface area is 119 Å². The van der Waals surface area contributed by atoms with Crippen LogP contribution in [0, 0.1) is 0 Å². The fourth-order valence-electron chi connectivity index (χ4n) is 1.46. The monoisotopic (exact) mass is 300 g/mol. The lowest BCUT2D eigenvalue weighted by Crippen LogP contribution is -2.15. The van der Waals surface area contributed by atoms with Crippen LogP contribution in [-0.4, -0.2) is 32.8 Å². The highest BCUT2D eigenvalue weighted by Gasteiger charge is 2.17. The molecule has 2 rings (SSSR count). The zero-order valence-corrected chi connectivity index (χ0v) is 11.5. The molecular formula is C11H10Cl2N4O2. The molecule has 0 bridgehead atoms. The molecular weight excluding hydrogens is 291 g/mol. The van der Waals surface area contributed by atoms with Crippen LogP contribution in [0.4, 0.5) is 0 Å². The van der Waals surface area contributed by atoms with E-state index < -0.39 is 5.97 Å². The molecule has 0 atom stereocenters. The van der Waals surface area contributed by atoms with Gasteiger partial charge in [-0.2, -0.15) is 0 Å². The number of aromatic nitrogens is 4. The van der Waals surface area contributed by atoms with Crippen LogP contribution >= 0.6 is 23.2 Å². The average molecular weight is 301 g/mol. The molecule has 0 saturated heterocycles. The average Bonchev–Trinajstić information content (AvgIpc) is 2.81. The summed E-state index contributed by atoms with van der Waals surface area (Å²) < 4.78 is 6.18. The van der Waals surface area contributed by atoms with E-state index >= 15 is 0 Å². The maximum Gasteiger partial charge on any atom is 0.378 e. The minimum Gasteiger partial charge on any atom is -0.460 e. The molecule has 1 heterocycles. The second-order valence-electron chi connectivity index (χ2n) is 3.62. The van der Waals surface area contributed by atoms with Gasteiger partial charge in [-0.1, -0.05) is 29.3 Å². The Hall–Kier alpha value is -1.66. The molecule has 1 aromatic heterocycles. The van der Waals surface area contributed by atoms with E-state index in [0.29, 0.717) is 10.0 Å². The highest BCUT2D eigenvalue weighted by molar-refractivity contribution is 6.35. The Morgan fingerprint density at radius 1 is 1.42 bits per heavy atom. The number of hydrogen-bond donors (Lipinski definition) is 0. The highest BCUT2D eigenvalue weighted by atomic mass is 35.5. The van der Waals surface area contributed by atoms with Gasteiger partial charge in [0.2, 0.25) is 0 Å². The lowest BCUT2D eigenvalue weighted by Gasteiger charge is -2.06.